The maximum absolute atomic E-state index is 12.2. The molecule has 0 saturated carbocycles. The fraction of sp³-hybridized carbons (Fsp3) is 0.350. The molecule has 0 spiro atoms. The van der Waals surface area contributed by atoms with Crippen molar-refractivity contribution >= 4 is 17.7 Å². The van der Waals surface area contributed by atoms with Gasteiger partial charge in [-0.1, -0.05) is 6.92 Å². The molecule has 9 heteroatoms. The normalized spacial score (nSPS) is 20.8. The maximum Gasteiger partial charge on any atom is 0.306 e. The number of aromatic nitrogens is 2. The summed E-state index contributed by atoms with van der Waals surface area (Å²) in [5, 5.41) is 10.2. The first-order chi connectivity index (χ1) is 13.8. The first-order valence-corrected chi connectivity index (χ1v) is 9.08. The fourth-order valence-electron chi connectivity index (χ4n) is 3.20. The highest BCUT2D eigenvalue weighted by Crippen LogP contribution is 2.34. The number of carbonyl (C=O) groups is 2. The molecule has 2 atom stereocenters. The van der Waals surface area contributed by atoms with Crippen LogP contribution in [0.15, 0.2) is 36.7 Å². The average molecular weight is 397 g/mol. The predicted molar refractivity (Wildman–Crippen MR) is 105 cm³/mol. The summed E-state index contributed by atoms with van der Waals surface area (Å²) < 4.78 is 10.5. The highest BCUT2D eigenvalue weighted by molar-refractivity contribution is 5.94. The summed E-state index contributed by atoms with van der Waals surface area (Å²) in [6, 6.07) is 7.06. The lowest BCUT2D eigenvalue weighted by atomic mass is 9.84. The van der Waals surface area contributed by atoms with Crippen molar-refractivity contribution in [2.75, 3.05) is 13.7 Å². The van der Waals surface area contributed by atoms with Crippen LogP contribution in [0.25, 0.3) is 11.4 Å². The minimum absolute atomic E-state index is 0.0446. The van der Waals surface area contributed by atoms with E-state index in [4.69, 9.17) is 15.9 Å². The van der Waals surface area contributed by atoms with Gasteiger partial charge in [-0.05, 0) is 30.7 Å². The van der Waals surface area contributed by atoms with Crippen molar-refractivity contribution in [1.82, 2.24) is 15.3 Å². The van der Waals surface area contributed by atoms with E-state index in [1.807, 2.05) is 12.1 Å². The lowest BCUT2D eigenvalue weighted by Gasteiger charge is -2.18. The summed E-state index contributed by atoms with van der Waals surface area (Å²) >= 11 is 0. The Hall–Kier alpha value is -3.49. The van der Waals surface area contributed by atoms with Crippen LogP contribution in [-0.4, -0.2) is 47.4 Å². The number of ether oxygens (including phenoxy) is 2. The SMILES string of the molecule is COC(=O)C[C@]1(C)C[C@@H](COc2ccc(-c3ncc(C(=N)N)cn3)cc2)NC1=O. The van der Waals surface area contributed by atoms with E-state index in [-0.39, 0.29) is 24.2 Å². The number of methoxy groups -OCH3 is 1. The van der Waals surface area contributed by atoms with E-state index < -0.39 is 11.4 Å². The summed E-state index contributed by atoms with van der Waals surface area (Å²) in [5.41, 5.74) is 5.88. The summed E-state index contributed by atoms with van der Waals surface area (Å²) in [7, 11) is 1.31. The Morgan fingerprint density at radius 3 is 2.55 bits per heavy atom. The number of amides is 1. The van der Waals surface area contributed by atoms with E-state index in [1.54, 1.807) is 19.1 Å². The lowest BCUT2D eigenvalue weighted by Crippen LogP contribution is -2.33. The number of esters is 1. The van der Waals surface area contributed by atoms with E-state index in [1.165, 1.54) is 19.5 Å². The number of nitrogens with two attached hydrogens (primary N) is 1. The van der Waals surface area contributed by atoms with E-state index in [2.05, 4.69) is 20.0 Å². The van der Waals surface area contributed by atoms with E-state index in [9.17, 15) is 9.59 Å². The van der Waals surface area contributed by atoms with Crippen molar-refractivity contribution in [3.8, 4) is 17.1 Å². The van der Waals surface area contributed by atoms with Gasteiger partial charge in [-0.25, -0.2) is 9.97 Å². The van der Waals surface area contributed by atoms with Gasteiger partial charge >= 0.3 is 5.97 Å². The summed E-state index contributed by atoms with van der Waals surface area (Å²) in [4.78, 5) is 32.2. The van der Waals surface area contributed by atoms with Crippen molar-refractivity contribution in [2.24, 2.45) is 11.1 Å². The number of nitrogens with zero attached hydrogens (tertiary/aromatic N) is 2. The van der Waals surface area contributed by atoms with Gasteiger partial charge < -0.3 is 20.5 Å². The molecule has 152 valence electrons. The number of hydrogen-bond donors (Lipinski definition) is 3. The predicted octanol–water partition coefficient (Wildman–Crippen LogP) is 1.26. The van der Waals surface area contributed by atoms with Gasteiger partial charge in [0.05, 0.1) is 30.6 Å². The minimum Gasteiger partial charge on any atom is -0.491 e. The molecular weight excluding hydrogens is 374 g/mol. The Kier molecular flexibility index (Phi) is 5.76. The number of rotatable bonds is 7. The van der Waals surface area contributed by atoms with Crippen LogP contribution in [-0.2, 0) is 14.3 Å². The van der Waals surface area contributed by atoms with E-state index >= 15 is 0 Å². The van der Waals surface area contributed by atoms with Crippen LogP contribution in [0.1, 0.15) is 25.3 Å². The Balaban J connectivity index is 1.57. The standard InChI is InChI=1S/C20H23N5O4/c1-20(8-16(26)28-2)7-14(25-19(20)27)11-29-15-5-3-12(4-6-15)18-23-9-13(10-24-18)17(21)22/h3-6,9-10,14H,7-8,11H2,1-2H3,(H3,21,22)(H,25,27)/t14-,20-/m0/s1. The first-order valence-electron chi connectivity index (χ1n) is 9.08. The molecule has 4 N–H and O–H groups in total. The van der Waals surface area contributed by atoms with Gasteiger partial charge in [-0.2, -0.15) is 0 Å². The summed E-state index contributed by atoms with van der Waals surface area (Å²) in [6.45, 7) is 2.05. The third-order valence-corrected chi connectivity index (χ3v) is 4.87. The Morgan fingerprint density at radius 2 is 1.97 bits per heavy atom. The third-order valence-electron chi connectivity index (χ3n) is 4.87. The monoisotopic (exact) mass is 397 g/mol. The van der Waals surface area contributed by atoms with Crippen LogP contribution < -0.4 is 15.8 Å². The van der Waals surface area contributed by atoms with Crippen LogP contribution in [0, 0.1) is 10.8 Å². The van der Waals surface area contributed by atoms with Crippen molar-refractivity contribution in [3.63, 3.8) is 0 Å². The van der Waals surface area contributed by atoms with E-state index in [0.717, 1.165) is 5.56 Å². The van der Waals surface area contributed by atoms with E-state index in [0.29, 0.717) is 30.2 Å². The molecule has 2 heterocycles. The zero-order valence-corrected chi connectivity index (χ0v) is 16.3. The largest absolute Gasteiger partial charge is 0.491 e. The highest BCUT2D eigenvalue weighted by Gasteiger charge is 2.44. The topological polar surface area (TPSA) is 140 Å². The second kappa shape index (κ2) is 8.26. The molecular formula is C20H23N5O4. The molecule has 0 unspecified atom stereocenters. The molecule has 1 aromatic carbocycles. The van der Waals surface area contributed by atoms with Crippen molar-refractivity contribution < 1.29 is 19.1 Å². The molecule has 0 aliphatic carbocycles. The zero-order valence-electron chi connectivity index (χ0n) is 16.3. The average Bonchev–Trinajstić information content (AvgIpc) is 3.00. The molecule has 9 nitrogen and oxygen atoms in total. The second-order valence-electron chi connectivity index (χ2n) is 7.23. The number of nitrogens with one attached hydrogen (secondary N) is 2. The van der Waals surface area contributed by atoms with Gasteiger partial charge in [0.25, 0.3) is 0 Å². The molecule has 1 aliphatic heterocycles. The van der Waals surface area contributed by atoms with Gasteiger partial charge in [0.1, 0.15) is 18.2 Å². The van der Waals surface area contributed by atoms with Crippen LogP contribution >= 0.6 is 0 Å². The number of hydrogen-bond acceptors (Lipinski definition) is 7. The van der Waals surface area contributed by atoms with Gasteiger partial charge in [0.15, 0.2) is 5.82 Å². The smallest absolute Gasteiger partial charge is 0.306 e. The van der Waals surface area contributed by atoms with Crippen LogP contribution in [0.5, 0.6) is 5.75 Å². The van der Waals surface area contributed by atoms with Crippen LogP contribution in [0.4, 0.5) is 0 Å². The minimum atomic E-state index is -0.783. The number of nitrogen functional groups attached to an aromatic ring is 1. The molecule has 1 fully saturated rings. The summed E-state index contributed by atoms with van der Waals surface area (Å²) in [6.07, 6.45) is 3.55. The number of amidine groups is 1. The zero-order chi connectivity index (χ0) is 21.0. The van der Waals surface area contributed by atoms with Gasteiger partial charge in [0.2, 0.25) is 5.91 Å². The molecule has 1 amide bonds. The van der Waals surface area contributed by atoms with Crippen LogP contribution in [0.3, 0.4) is 0 Å². The van der Waals surface area contributed by atoms with Gasteiger partial charge in [0, 0.05) is 18.0 Å². The molecule has 0 bridgehead atoms. The Labute approximate surface area is 168 Å². The molecule has 0 radical (unpaired) electrons. The second-order valence-corrected chi connectivity index (χ2v) is 7.23. The molecule has 3 rings (SSSR count). The Morgan fingerprint density at radius 1 is 1.31 bits per heavy atom. The first kappa shape index (κ1) is 20.2. The summed E-state index contributed by atoms with van der Waals surface area (Å²) in [5.74, 6) is 0.506. The van der Waals surface area contributed by atoms with Crippen molar-refractivity contribution in [1.29, 1.82) is 5.41 Å². The Bertz CT molecular complexity index is 913. The lowest BCUT2D eigenvalue weighted by molar-refractivity contribution is -0.146. The fourth-order valence-corrected chi connectivity index (χ4v) is 3.20. The molecule has 2 aromatic rings. The molecule has 29 heavy (non-hydrogen) atoms. The maximum atomic E-state index is 12.2. The molecule has 1 aromatic heterocycles. The molecule has 1 aliphatic rings. The van der Waals surface area contributed by atoms with Crippen molar-refractivity contribution in [3.05, 3.63) is 42.2 Å². The quantitative estimate of drug-likeness (QED) is 0.363. The van der Waals surface area contributed by atoms with Crippen molar-refractivity contribution in [2.45, 2.75) is 25.8 Å². The van der Waals surface area contributed by atoms with Gasteiger partial charge in [-0.15, -0.1) is 0 Å². The molecule has 1 saturated heterocycles. The number of carbonyl (C=O) groups excluding carboxylic acids is 2. The van der Waals surface area contributed by atoms with Crippen LogP contribution in [0.2, 0.25) is 0 Å². The number of benzene rings is 1. The highest BCUT2D eigenvalue weighted by atomic mass is 16.5. The van der Waals surface area contributed by atoms with Gasteiger partial charge in [-0.3, -0.25) is 15.0 Å². The third kappa shape index (κ3) is 4.68.